The maximum atomic E-state index is 13.6. The van der Waals surface area contributed by atoms with E-state index in [2.05, 4.69) is 15.5 Å². The molecular formula is C25H35F4N3O2. The topological polar surface area (TPSA) is 61.4 Å². The number of hydrogen-bond donors (Lipinski definition) is 2. The van der Waals surface area contributed by atoms with E-state index in [1.807, 2.05) is 20.8 Å². The second kappa shape index (κ2) is 10.6. The van der Waals surface area contributed by atoms with Gasteiger partial charge in [0.1, 0.15) is 5.82 Å². The molecule has 34 heavy (non-hydrogen) atoms. The molecule has 0 radical (unpaired) electrons. The van der Waals surface area contributed by atoms with Crippen molar-refractivity contribution < 1.29 is 27.2 Å². The van der Waals surface area contributed by atoms with Gasteiger partial charge in [-0.05, 0) is 62.9 Å². The molecule has 9 heteroatoms. The molecule has 2 fully saturated rings. The molecule has 2 amide bonds. The highest BCUT2D eigenvalue weighted by atomic mass is 19.4. The largest absolute Gasteiger partial charge is 0.416 e. The second-order valence-corrected chi connectivity index (χ2v) is 10.6. The highest BCUT2D eigenvalue weighted by Gasteiger charge is 2.35. The lowest BCUT2D eigenvalue weighted by molar-refractivity contribution is -0.137. The molecule has 1 aliphatic carbocycles. The molecule has 1 saturated carbocycles. The van der Waals surface area contributed by atoms with Crippen molar-refractivity contribution in [3.05, 3.63) is 35.1 Å². The molecule has 2 aliphatic rings. The fourth-order valence-corrected chi connectivity index (χ4v) is 4.81. The van der Waals surface area contributed by atoms with Crippen molar-refractivity contribution in [2.24, 2.45) is 11.3 Å². The quantitative estimate of drug-likeness (QED) is 0.592. The Hall–Kier alpha value is -2.16. The first-order chi connectivity index (χ1) is 15.8. The highest BCUT2D eigenvalue weighted by Crippen LogP contribution is 2.31. The summed E-state index contributed by atoms with van der Waals surface area (Å²) in [6.07, 6.45) is 1.21. The molecule has 0 spiro atoms. The standard InChI is InChI=1S/C25H35F4N3O2/c1-24(2,3)23(34)31-20-6-4-5-7-21(20)32-10-8-16(9-11-32)15-30-22(33)17-12-18(25(27,28)29)14-19(26)13-17/h12-14,16,20-21H,4-11,15H2,1-3H3,(H,30,33)(H,31,34)/t20-,21-/m1/s1. The first-order valence-corrected chi connectivity index (χ1v) is 12.1. The van der Waals surface area contributed by atoms with Crippen molar-refractivity contribution in [1.82, 2.24) is 15.5 Å². The van der Waals surface area contributed by atoms with Crippen LogP contribution in [0.15, 0.2) is 18.2 Å². The number of rotatable bonds is 5. The minimum Gasteiger partial charge on any atom is -0.352 e. The lowest BCUT2D eigenvalue weighted by Gasteiger charge is -2.44. The van der Waals surface area contributed by atoms with Gasteiger partial charge in [-0.15, -0.1) is 0 Å². The maximum Gasteiger partial charge on any atom is 0.416 e. The van der Waals surface area contributed by atoms with E-state index < -0.39 is 28.9 Å². The normalized spacial score (nSPS) is 22.9. The Balaban J connectivity index is 1.51. The SMILES string of the molecule is CC(C)(C)C(=O)N[C@@H]1CCCC[C@H]1N1CCC(CNC(=O)c2cc(F)cc(C(F)(F)F)c2)CC1. The van der Waals surface area contributed by atoms with Crippen LogP contribution in [0, 0.1) is 17.2 Å². The Morgan fingerprint density at radius 1 is 1.00 bits per heavy atom. The minimum atomic E-state index is -4.71. The predicted octanol–water partition coefficient (Wildman–Crippen LogP) is 4.76. The Kier molecular flexibility index (Phi) is 8.26. The van der Waals surface area contributed by atoms with Crippen molar-refractivity contribution in [3.63, 3.8) is 0 Å². The van der Waals surface area contributed by atoms with Crippen molar-refractivity contribution in [2.75, 3.05) is 19.6 Å². The zero-order valence-electron chi connectivity index (χ0n) is 20.1. The molecule has 1 aromatic rings. The summed E-state index contributed by atoms with van der Waals surface area (Å²) in [6.45, 7) is 7.74. The number of piperidine rings is 1. The fraction of sp³-hybridized carbons (Fsp3) is 0.680. The molecule has 2 N–H and O–H groups in total. The van der Waals surface area contributed by atoms with Gasteiger partial charge in [-0.3, -0.25) is 14.5 Å². The molecule has 0 aromatic heterocycles. The van der Waals surface area contributed by atoms with Crippen LogP contribution >= 0.6 is 0 Å². The molecule has 1 heterocycles. The van der Waals surface area contributed by atoms with Crippen LogP contribution in [0.5, 0.6) is 0 Å². The second-order valence-electron chi connectivity index (χ2n) is 10.6. The van der Waals surface area contributed by atoms with Crippen LogP contribution in [0.4, 0.5) is 17.6 Å². The van der Waals surface area contributed by atoms with Gasteiger partial charge >= 0.3 is 6.18 Å². The van der Waals surface area contributed by atoms with E-state index in [4.69, 9.17) is 0 Å². The third-order valence-electron chi connectivity index (χ3n) is 6.88. The molecule has 0 unspecified atom stereocenters. The van der Waals surface area contributed by atoms with E-state index in [0.29, 0.717) is 24.7 Å². The van der Waals surface area contributed by atoms with Crippen molar-refractivity contribution in [3.8, 4) is 0 Å². The number of hydrogen-bond acceptors (Lipinski definition) is 3. The first kappa shape index (κ1) is 26.4. The summed E-state index contributed by atoms with van der Waals surface area (Å²) in [5.74, 6) is -1.53. The molecule has 2 atom stereocenters. The van der Waals surface area contributed by atoms with Gasteiger partial charge in [0.05, 0.1) is 5.56 Å². The van der Waals surface area contributed by atoms with E-state index in [1.165, 1.54) is 0 Å². The molecule has 190 valence electrons. The number of nitrogens with one attached hydrogen (secondary N) is 2. The molecule has 1 saturated heterocycles. The molecule has 5 nitrogen and oxygen atoms in total. The summed E-state index contributed by atoms with van der Waals surface area (Å²) in [4.78, 5) is 27.3. The maximum absolute atomic E-state index is 13.6. The molecule has 0 bridgehead atoms. The van der Waals surface area contributed by atoms with Crippen LogP contribution in [0.1, 0.15) is 75.2 Å². The van der Waals surface area contributed by atoms with Crippen molar-refractivity contribution in [1.29, 1.82) is 0 Å². The number of likely N-dealkylation sites (tertiary alicyclic amines) is 1. The minimum absolute atomic E-state index is 0.0630. The predicted molar refractivity (Wildman–Crippen MR) is 122 cm³/mol. The summed E-state index contributed by atoms with van der Waals surface area (Å²) >= 11 is 0. The zero-order chi connectivity index (χ0) is 25.1. The van der Waals surface area contributed by atoms with E-state index >= 15 is 0 Å². The van der Waals surface area contributed by atoms with Crippen molar-refractivity contribution >= 4 is 11.8 Å². The van der Waals surface area contributed by atoms with Crippen LogP contribution < -0.4 is 10.6 Å². The number of nitrogens with zero attached hydrogens (tertiary/aromatic N) is 1. The third-order valence-corrected chi connectivity index (χ3v) is 6.88. The van der Waals surface area contributed by atoms with Gasteiger partial charge in [0, 0.05) is 29.6 Å². The summed E-state index contributed by atoms with van der Waals surface area (Å²) in [5.41, 5.74) is -1.94. The van der Waals surface area contributed by atoms with E-state index in [1.54, 1.807) is 0 Å². The zero-order valence-corrected chi connectivity index (χ0v) is 20.1. The van der Waals surface area contributed by atoms with E-state index in [-0.39, 0.29) is 23.4 Å². The van der Waals surface area contributed by atoms with Gasteiger partial charge in [-0.1, -0.05) is 33.6 Å². The molecule has 1 aromatic carbocycles. The fourth-order valence-electron chi connectivity index (χ4n) is 4.81. The molecule has 3 rings (SSSR count). The summed E-state index contributed by atoms with van der Waals surface area (Å²) < 4.78 is 52.3. The number of carbonyl (C=O) groups excluding carboxylic acids is 2. The third kappa shape index (κ3) is 6.93. The van der Waals surface area contributed by atoms with Crippen LogP contribution in [0.2, 0.25) is 0 Å². The summed E-state index contributed by atoms with van der Waals surface area (Å²) in [5, 5.41) is 5.92. The number of halogens is 4. The average Bonchev–Trinajstić information content (AvgIpc) is 2.76. The van der Waals surface area contributed by atoms with Crippen LogP contribution in [0.25, 0.3) is 0 Å². The molecule has 1 aliphatic heterocycles. The van der Waals surface area contributed by atoms with Gasteiger partial charge in [0.25, 0.3) is 5.91 Å². The highest BCUT2D eigenvalue weighted by molar-refractivity contribution is 5.94. The average molecular weight is 486 g/mol. The van der Waals surface area contributed by atoms with Gasteiger partial charge in [0.15, 0.2) is 0 Å². The Labute approximate surface area is 198 Å². The first-order valence-electron chi connectivity index (χ1n) is 12.1. The number of benzene rings is 1. The van der Waals surface area contributed by atoms with Gasteiger partial charge in [-0.2, -0.15) is 13.2 Å². The molecular weight excluding hydrogens is 450 g/mol. The van der Waals surface area contributed by atoms with Crippen molar-refractivity contribution in [2.45, 2.75) is 77.6 Å². The summed E-state index contributed by atoms with van der Waals surface area (Å²) in [6, 6.07) is 2.31. The smallest absolute Gasteiger partial charge is 0.352 e. The number of amides is 2. The van der Waals surface area contributed by atoms with Crippen LogP contribution in [-0.4, -0.2) is 48.4 Å². The van der Waals surface area contributed by atoms with Gasteiger partial charge in [0.2, 0.25) is 5.91 Å². The Bertz CT molecular complexity index is 874. The monoisotopic (exact) mass is 485 g/mol. The Morgan fingerprint density at radius 3 is 2.26 bits per heavy atom. The lowest BCUT2D eigenvalue weighted by Crippen LogP contribution is -2.56. The number of alkyl halides is 3. The van der Waals surface area contributed by atoms with Gasteiger partial charge < -0.3 is 10.6 Å². The van der Waals surface area contributed by atoms with Crippen LogP contribution in [-0.2, 0) is 11.0 Å². The van der Waals surface area contributed by atoms with Gasteiger partial charge in [-0.25, -0.2) is 4.39 Å². The van der Waals surface area contributed by atoms with Crippen LogP contribution in [0.3, 0.4) is 0 Å². The number of carbonyl (C=O) groups is 2. The Morgan fingerprint density at radius 2 is 1.65 bits per heavy atom. The summed E-state index contributed by atoms with van der Waals surface area (Å²) in [7, 11) is 0. The van der Waals surface area contributed by atoms with E-state index in [0.717, 1.165) is 57.7 Å². The lowest BCUT2D eigenvalue weighted by atomic mass is 9.85. The van der Waals surface area contributed by atoms with E-state index in [9.17, 15) is 27.2 Å².